The van der Waals surface area contributed by atoms with Crippen molar-refractivity contribution in [3.8, 4) is 0 Å². The number of rotatable bonds is 7. The second kappa shape index (κ2) is 9.13. The van der Waals surface area contributed by atoms with E-state index >= 15 is 0 Å². The average Bonchev–Trinajstić information content (AvgIpc) is 2.39. The monoisotopic (exact) mass is 272 g/mol. The molecule has 1 aromatic carbocycles. The fraction of sp³-hybridized carbons (Fsp3) is 0.389. The lowest BCUT2D eigenvalue weighted by atomic mass is 10.1. The maximum atomic E-state index is 11.8. The first-order valence-electron chi connectivity index (χ1n) is 7.19. The Bertz CT molecular complexity index is 458. The van der Waals surface area contributed by atoms with Gasteiger partial charge in [-0.3, -0.25) is 4.79 Å². The first kappa shape index (κ1) is 16.2. The summed E-state index contributed by atoms with van der Waals surface area (Å²) in [4.78, 5) is 11.8. The van der Waals surface area contributed by atoms with E-state index in [1.54, 1.807) is 0 Å². The van der Waals surface area contributed by atoms with Crippen molar-refractivity contribution in [2.75, 3.05) is 0 Å². The van der Waals surface area contributed by atoms with Gasteiger partial charge in [0.15, 0.2) is 0 Å². The van der Waals surface area contributed by atoms with Crippen LogP contribution in [-0.2, 0) is 16.0 Å². The molecule has 1 aromatic rings. The van der Waals surface area contributed by atoms with Crippen molar-refractivity contribution in [3.63, 3.8) is 0 Å². The van der Waals surface area contributed by atoms with Crippen LogP contribution >= 0.6 is 0 Å². The zero-order valence-electron chi connectivity index (χ0n) is 12.6. The first-order chi connectivity index (χ1) is 9.61. The molecule has 2 heteroatoms. The minimum atomic E-state index is -0.207. The number of ether oxygens (including phenoxy) is 1. The number of esters is 1. The van der Waals surface area contributed by atoms with Crippen LogP contribution in [0.4, 0.5) is 0 Å². The standard InChI is InChI=1S/C18H24O2/c1-4-5-7-10-15(2)13-16(3)20-18(19)14-17-11-8-6-9-12-17/h5-9,11-13,15H,4,10,14H2,1-3H3/b7-5+,16-13+. The highest BCUT2D eigenvalue weighted by Crippen LogP contribution is 2.11. The molecule has 1 rings (SSSR count). The molecule has 0 fully saturated rings. The largest absolute Gasteiger partial charge is 0.431 e. The van der Waals surface area contributed by atoms with Gasteiger partial charge in [0.25, 0.3) is 0 Å². The van der Waals surface area contributed by atoms with Crippen molar-refractivity contribution in [2.45, 2.75) is 40.0 Å². The number of carbonyl (C=O) groups excluding carboxylic acids is 1. The molecule has 0 N–H and O–H groups in total. The van der Waals surface area contributed by atoms with Crippen molar-refractivity contribution in [1.29, 1.82) is 0 Å². The molecule has 0 spiro atoms. The van der Waals surface area contributed by atoms with Gasteiger partial charge in [-0.15, -0.1) is 0 Å². The molecule has 0 aliphatic rings. The van der Waals surface area contributed by atoms with Gasteiger partial charge in [0.1, 0.15) is 5.76 Å². The highest BCUT2D eigenvalue weighted by atomic mass is 16.5. The van der Waals surface area contributed by atoms with Gasteiger partial charge < -0.3 is 4.74 Å². The second-order valence-electron chi connectivity index (χ2n) is 5.01. The maximum Gasteiger partial charge on any atom is 0.315 e. The molecule has 2 nitrogen and oxygen atoms in total. The minimum Gasteiger partial charge on any atom is -0.431 e. The molecule has 1 atom stereocenters. The molecule has 0 heterocycles. The Morgan fingerprint density at radius 1 is 1.25 bits per heavy atom. The van der Waals surface area contributed by atoms with Gasteiger partial charge in [-0.05, 0) is 37.3 Å². The number of benzene rings is 1. The van der Waals surface area contributed by atoms with Crippen molar-refractivity contribution < 1.29 is 9.53 Å². The summed E-state index contributed by atoms with van der Waals surface area (Å²) in [5.74, 6) is 0.854. The summed E-state index contributed by atoms with van der Waals surface area (Å²) in [5.41, 5.74) is 0.976. The van der Waals surface area contributed by atoms with Crippen LogP contribution in [0.15, 0.2) is 54.3 Å². The molecular weight excluding hydrogens is 248 g/mol. The predicted octanol–water partition coefficient (Wildman–Crippen LogP) is 4.67. The van der Waals surface area contributed by atoms with Gasteiger partial charge in [-0.1, -0.05) is 56.3 Å². The van der Waals surface area contributed by atoms with Gasteiger partial charge in [-0.25, -0.2) is 0 Å². The van der Waals surface area contributed by atoms with Gasteiger partial charge >= 0.3 is 5.97 Å². The molecule has 0 aliphatic carbocycles. The maximum absolute atomic E-state index is 11.8. The molecule has 20 heavy (non-hydrogen) atoms. The lowest BCUT2D eigenvalue weighted by Gasteiger charge is -2.07. The lowest BCUT2D eigenvalue weighted by Crippen LogP contribution is -2.07. The van der Waals surface area contributed by atoms with Crippen LogP contribution in [0.2, 0.25) is 0 Å². The van der Waals surface area contributed by atoms with Crippen LogP contribution in [0.1, 0.15) is 39.2 Å². The third-order valence-electron chi connectivity index (χ3n) is 2.90. The molecular formula is C18H24O2. The molecule has 0 saturated heterocycles. The quantitative estimate of drug-likeness (QED) is 0.409. The molecule has 0 radical (unpaired) electrons. The van der Waals surface area contributed by atoms with E-state index in [-0.39, 0.29) is 5.97 Å². The van der Waals surface area contributed by atoms with Crippen LogP contribution in [0.5, 0.6) is 0 Å². The van der Waals surface area contributed by atoms with Crippen LogP contribution in [0, 0.1) is 5.92 Å². The lowest BCUT2D eigenvalue weighted by molar-refractivity contribution is -0.138. The highest BCUT2D eigenvalue weighted by molar-refractivity contribution is 5.73. The van der Waals surface area contributed by atoms with Crippen molar-refractivity contribution in [1.82, 2.24) is 0 Å². The molecule has 0 aromatic heterocycles. The van der Waals surface area contributed by atoms with Crippen molar-refractivity contribution in [3.05, 3.63) is 59.9 Å². The SMILES string of the molecule is CC/C=C/CC(C)/C=C(\C)OC(=O)Cc1ccccc1. The second-order valence-corrected chi connectivity index (χ2v) is 5.01. The Morgan fingerprint density at radius 2 is 1.95 bits per heavy atom. The van der Waals surface area contributed by atoms with Gasteiger partial charge in [0.05, 0.1) is 6.42 Å². The predicted molar refractivity (Wildman–Crippen MR) is 83.2 cm³/mol. The number of allylic oxidation sites excluding steroid dienone is 4. The smallest absolute Gasteiger partial charge is 0.315 e. The van der Waals surface area contributed by atoms with Crippen LogP contribution in [-0.4, -0.2) is 5.97 Å². The topological polar surface area (TPSA) is 26.3 Å². The molecule has 0 aliphatic heterocycles. The first-order valence-corrected chi connectivity index (χ1v) is 7.19. The van der Waals surface area contributed by atoms with Gasteiger partial charge in [-0.2, -0.15) is 0 Å². The Morgan fingerprint density at radius 3 is 2.60 bits per heavy atom. The number of hydrogen-bond acceptors (Lipinski definition) is 2. The Hall–Kier alpha value is -1.83. The van der Waals surface area contributed by atoms with E-state index in [9.17, 15) is 4.79 Å². The van der Waals surface area contributed by atoms with Crippen LogP contribution < -0.4 is 0 Å². The van der Waals surface area contributed by atoms with Crippen molar-refractivity contribution >= 4 is 5.97 Å². The number of hydrogen-bond donors (Lipinski definition) is 0. The Kier molecular flexibility index (Phi) is 7.41. The van der Waals surface area contributed by atoms with E-state index in [0.29, 0.717) is 18.1 Å². The zero-order chi connectivity index (χ0) is 14.8. The summed E-state index contributed by atoms with van der Waals surface area (Å²) in [5, 5.41) is 0. The molecule has 1 unspecified atom stereocenters. The fourth-order valence-corrected chi connectivity index (χ4v) is 1.96. The van der Waals surface area contributed by atoms with Crippen LogP contribution in [0.3, 0.4) is 0 Å². The summed E-state index contributed by atoms with van der Waals surface area (Å²) in [6.07, 6.45) is 8.67. The fourth-order valence-electron chi connectivity index (χ4n) is 1.96. The van der Waals surface area contributed by atoms with Crippen molar-refractivity contribution in [2.24, 2.45) is 5.92 Å². The summed E-state index contributed by atoms with van der Waals surface area (Å²) < 4.78 is 5.33. The minimum absolute atomic E-state index is 0.207. The molecule has 0 amide bonds. The molecule has 0 bridgehead atoms. The molecule has 108 valence electrons. The Labute approximate surface area is 122 Å². The Balaban J connectivity index is 2.42. The summed E-state index contributed by atoms with van der Waals surface area (Å²) >= 11 is 0. The highest BCUT2D eigenvalue weighted by Gasteiger charge is 2.06. The van der Waals surface area contributed by atoms with Gasteiger partial charge in [0.2, 0.25) is 0 Å². The van der Waals surface area contributed by atoms with E-state index < -0.39 is 0 Å². The zero-order valence-corrected chi connectivity index (χ0v) is 12.6. The van der Waals surface area contributed by atoms with E-state index in [4.69, 9.17) is 4.74 Å². The third-order valence-corrected chi connectivity index (χ3v) is 2.90. The summed E-state index contributed by atoms with van der Waals surface area (Å²) in [6.45, 7) is 6.07. The van der Waals surface area contributed by atoms with Gasteiger partial charge in [0, 0.05) is 0 Å². The summed E-state index contributed by atoms with van der Waals surface area (Å²) in [7, 11) is 0. The normalized spacial score (nSPS) is 13.4. The van der Waals surface area contributed by atoms with Crippen LogP contribution in [0.25, 0.3) is 0 Å². The average molecular weight is 272 g/mol. The van der Waals surface area contributed by atoms with E-state index in [0.717, 1.165) is 18.4 Å². The van der Waals surface area contributed by atoms with E-state index in [2.05, 4.69) is 26.0 Å². The van der Waals surface area contributed by atoms with E-state index in [1.807, 2.05) is 43.3 Å². The number of carbonyl (C=O) groups is 1. The van der Waals surface area contributed by atoms with E-state index in [1.165, 1.54) is 0 Å². The molecule has 0 saturated carbocycles. The third kappa shape index (κ3) is 6.93. The summed E-state index contributed by atoms with van der Waals surface area (Å²) in [6, 6.07) is 9.64.